The fourth-order valence-electron chi connectivity index (χ4n) is 0.167. The van der Waals surface area contributed by atoms with Crippen LogP contribution in [0.2, 0.25) is 0 Å². The zero-order valence-corrected chi connectivity index (χ0v) is 6.05. The highest BCUT2D eigenvalue weighted by atomic mass is 16.6. The molecule has 0 N–H and O–H groups in total. The second-order valence-electron chi connectivity index (χ2n) is 0.983. The molecule has 0 atom stereocenters. The molecule has 0 unspecified atom stereocenters. The lowest BCUT2D eigenvalue weighted by Gasteiger charge is -1.92. The molecule has 4 heteroatoms. The van der Waals surface area contributed by atoms with Crippen LogP contribution in [0.5, 0.6) is 0 Å². The second kappa shape index (κ2) is 7.68. The first-order valence-corrected chi connectivity index (χ1v) is 2.38. The monoisotopic (exact) mass is 146 g/mol. The maximum atomic E-state index is 10.0. The summed E-state index contributed by atoms with van der Waals surface area (Å²) in [6, 6.07) is 0. The standard InChI is InChI=1S/C4H6O4.C2H4/c1-7-3(5)4(6)8-2;1-2/h1-2H3;1-2H2. The summed E-state index contributed by atoms with van der Waals surface area (Å²) in [5, 5.41) is 0. The van der Waals surface area contributed by atoms with Gasteiger partial charge in [-0.05, 0) is 0 Å². The first-order valence-electron chi connectivity index (χ1n) is 2.38. The molecular weight excluding hydrogens is 136 g/mol. The normalized spacial score (nSPS) is 6.60. The van der Waals surface area contributed by atoms with Crippen LogP contribution in [0.4, 0.5) is 0 Å². The smallest absolute Gasteiger partial charge is 0.417 e. The van der Waals surface area contributed by atoms with Crippen LogP contribution in [0.25, 0.3) is 0 Å². The number of carbonyl (C=O) groups excluding carboxylic acids is 2. The molecule has 0 aliphatic carbocycles. The molecule has 0 fully saturated rings. The lowest BCUT2D eigenvalue weighted by molar-refractivity contribution is -0.164. The molecule has 0 amide bonds. The highest BCUT2D eigenvalue weighted by Crippen LogP contribution is 1.75. The van der Waals surface area contributed by atoms with Crippen LogP contribution in [0.3, 0.4) is 0 Å². The highest BCUT2D eigenvalue weighted by molar-refractivity contribution is 6.29. The fraction of sp³-hybridized carbons (Fsp3) is 0.333. The van der Waals surface area contributed by atoms with Crippen LogP contribution in [-0.4, -0.2) is 26.2 Å². The summed E-state index contributed by atoms with van der Waals surface area (Å²) in [6.07, 6.45) is 0. The lowest BCUT2D eigenvalue weighted by atomic mass is 10.7. The fourth-order valence-corrected chi connectivity index (χ4v) is 0.167. The van der Waals surface area contributed by atoms with Crippen LogP contribution in [0, 0.1) is 0 Å². The number of hydrogen-bond acceptors (Lipinski definition) is 4. The van der Waals surface area contributed by atoms with Gasteiger partial charge in [0.05, 0.1) is 14.2 Å². The molecule has 58 valence electrons. The Morgan fingerprint density at radius 3 is 1.30 bits per heavy atom. The number of methoxy groups -OCH3 is 2. The van der Waals surface area contributed by atoms with E-state index in [0.717, 1.165) is 14.2 Å². The van der Waals surface area contributed by atoms with Crippen LogP contribution >= 0.6 is 0 Å². The van der Waals surface area contributed by atoms with E-state index < -0.39 is 11.9 Å². The molecule has 0 bridgehead atoms. The van der Waals surface area contributed by atoms with E-state index in [-0.39, 0.29) is 0 Å². The van der Waals surface area contributed by atoms with E-state index in [2.05, 4.69) is 22.6 Å². The van der Waals surface area contributed by atoms with Crippen molar-refractivity contribution in [3.63, 3.8) is 0 Å². The van der Waals surface area contributed by atoms with Crippen LogP contribution in [0.1, 0.15) is 0 Å². The molecule has 0 rings (SSSR count). The molecule has 0 aromatic rings. The van der Waals surface area contributed by atoms with E-state index in [1.54, 1.807) is 0 Å². The zero-order valence-electron chi connectivity index (χ0n) is 6.05. The van der Waals surface area contributed by atoms with Crippen molar-refractivity contribution >= 4 is 11.9 Å². The quantitative estimate of drug-likeness (QED) is 0.277. The minimum atomic E-state index is -0.979. The Kier molecular flexibility index (Phi) is 8.81. The molecule has 0 radical (unpaired) electrons. The number of rotatable bonds is 0. The maximum Gasteiger partial charge on any atom is 0.417 e. The number of carbonyl (C=O) groups is 2. The SMILES string of the molecule is C=C.COC(=O)C(=O)OC. The largest absolute Gasteiger partial charge is 0.461 e. The Balaban J connectivity index is 0. The Hall–Kier alpha value is -1.32. The van der Waals surface area contributed by atoms with Crippen molar-refractivity contribution in [2.24, 2.45) is 0 Å². The first-order chi connectivity index (χ1) is 4.72. The minimum Gasteiger partial charge on any atom is -0.461 e. The van der Waals surface area contributed by atoms with Gasteiger partial charge in [0.2, 0.25) is 0 Å². The van der Waals surface area contributed by atoms with Gasteiger partial charge in [-0.2, -0.15) is 0 Å². The predicted molar refractivity (Wildman–Crippen MR) is 35.3 cm³/mol. The average Bonchev–Trinajstić information content (AvgIpc) is 2.05. The first kappa shape index (κ1) is 11.5. The summed E-state index contributed by atoms with van der Waals surface area (Å²) in [4.78, 5) is 20.1. The van der Waals surface area contributed by atoms with Gasteiger partial charge < -0.3 is 9.47 Å². The Morgan fingerprint density at radius 1 is 1.00 bits per heavy atom. The minimum absolute atomic E-state index is 0.979. The summed E-state index contributed by atoms with van der Waals surface area (Å²) in [7, 11) is 2.22. The highest BCUT2D eigenvalue weighted by Gasteiger charge is 2.11. The van der Waals surface area contributed by atoms with Crippen molar-refractivity contribution in [3.05, 3.63) is 13.2 Å². The van der Waals surface area contributed by atoms with Gasteiger partial charge in [0.25, 0.3) is 0 Å². The van der Waals surface area contributed by atoms with Crippen LogP contribution in [0.15, 0.2) is 13.2 Å². The third-order valence-electron chi connectivity index (χ3n) is 0.537. The summed E-state index contributed by atoms with van der Waals surface area (Å²) in [6.45, 7) is 6.00. The lowest BCUT2D eigenvalue weighted by Crippen LogP contribution is -2.16. The molecule has 0 aromatic carbocycles. The van der Waals surface area contributed by atoms with Gasteiger partial charge in [0, 0.05) is 0 Å². The molecule has 10 heavy (non-hydrogen) atoms. The van der Waals surface area contributed by atoms with Crippen molar-refractivity contribution in [2.75, 3.05) is 14.2 Å². The number of hydrogen-bond donors (Lipinski definition) is 0. The van der Waals surface area contributed by atoms with Crippen LogP contribution < -0.4 is 0 Å². The maximum absolute atomic E-state index is 10.0. The van der Waals surface area contributed by atoms with Gasteiger partial charge >= 0.3 is 11.9 Å². The third-order valence-corrected chi connectivity index (χ3v) is 0.537. The molecular formula is C6H10O4. The number of ether oxygens (including phenoxy) is 2. The predicted octanol–water partition coefficient (Wildman–Crippen LogP) is 0.135. The van der Waals surface area contributed by atoms with Crippen molar-refractivity contribution in [1.82, 2.24) is 0 Å². The summed E-state index contributed by atoms with van der Waals surface area (Å²) in [5.41, 5.74) is 0. The van der Waals surface area contributed by atoms with Gasteiger partial charge in [-0.1, -0.05) is 0 Å². The van der Waals surface area contributed by atoms with Gasteiger partial charge in [-0.15, -0.1) is 13.2 Å². The molecule has 0 aliphatic heterocycles. The average molecular weight is 146 g/mol. The van der Waals surface area contributed by atoms with E-state index in [1.807, 2.05) is 0 Å². The van der Waals surface area contributed by atoms with Crippen molar-refractivity contribution < 1.29 is 19.1 Å². The van der Waals surface area contributed by atoms with E-state index in [0.29, 0.717) is 0 Å². The molecule has 0 aliphatic rings. The van der Waals surface area contributed by atoms with Gasteiger partial charge in [-0.25, -0.2) is 9.59 Å². The molecule has 4 nitrogen and oxygen atoms in total. The summed E-state index contributed by atoms with van der Waals surface area (Å²) >= 11 is 0. The summed E-state index contributed by atoms with van der Waals surface area (Å²) < 4.78 is 7.98. The molecule has 0 spiro atoms. The van der Waals surface area contributed by atoms with Gasteiger partial charge in [0.15, 0.2) is 0 Å². The molecule has 0 aromatic heterocycles. The molecule has 0 saturated carbocycles. The van der Waals surface area contributed by atoms with E-state index in [9.17, 15) is 9.59 Å². The second-order valence-corrected chi connectivity index (χ2v) is 0.983. The van der Waals surface area contributed by atoms with E-state index in [4.69, 9.17) is 0 Å². The number of esters is 2. The zero-order chi connectivity index (χ0) is 8.57. The molecule has 0 saturated heterocycles. The van der Waals surface area contributed by atoms with E-state index >= 15 is 0 Å². The van der Waals surface area contributed by atoms with E-state index in [1.165, 1.54) is 0 Å². The Morgan fingerprint density at radius 2 is 1.20 bits per heavy atom. The van der Waals surface area contributed by atoms with Crippen LogP contribution in [-0.2, 0) is 19.1 Å². The van der Waals surface area contributed by atoms with Crippen molar-refractivity contribution in [2.45, 2.75) is 0 Å². The third kappa shape index (κ3) is 4.83. The van der Waals surface area contributed by atoms with Crippen molar-refractivity contribution in [1.29, 1.82) is 0 Å². The van der Waals surface area contributed by atoms with Gasteiger partial charge in [-0.3, -0.25) is 0 Å². The Labute approximate surface area is 59.4 Å². The molecule has 0 heterocycles. The Bertz CT molecular complexity index is 105. The van der Waals surface area contributed by atoms with Crippen molar-refractivity contribution in [3.8, 4) is 0 Å². The topological polar surface area (TPSA) is 52.6 Å². The summed E-state index contributed by atoms with van der Waals surface area (Å²) in [5.74, 6) is -1.96. The van der Waals surface area contributed by atoms with Gasteiger partial charge in [0.1, 0.15) is 0 Å².